The van der Waals surface area contributed by atoms with E-state index in [0.29, 0.717) is 31.6 Å². The molecule has 3 aromatic carbocycles. The van der Waals surface area contributed by atoms with Crippen molar-refractivity contribution in [3.8, 4) is 17.1 Å². The van der Waals surface area contributed by atoms with Crippen molar-refractivity contribution in [1.82, 2.24) is 15.0 Å². The van der Waals surface area contributed by atoms with Crippen LogP contribution in [0.25, 0.3) is 22.3 Å². The molecule has 0 saturated carbocycles. The van der Waals surface area contributed by atoms with Gasteiger partial charge in [-0.1, -0.05) is 24.3 Å². The topological polar surface area (TPSA) is 94.2 Å². The summed E-state index contributed by atoms with van der Waals surface area (Å²) in [5.74, 6) is -3.70. The van der Waals surface area contributed by atoms with E-state index < -0.39 is 40.4 Å². The first-order chi connectivity index (χ1) is 19.7. The second kappa shape index (κ2) is 10.4. The molecule has 6 rings (SSSR count). The summed E-state index contributed by atoms with van der Waals surface area (Å²) in [5.41, 5.74) is 0.817. The molecule has 0 spiro atoms. The van der Waals surface area contributed by atoms with Crippen LogP contribution in [0.2, 0.25) is 0 Å². The Morgan fingerprint density at radius 1 is 1.07 bits per heavy atom. The fourth-order valence-corrected chi connectivity index (χ4v) is 5.67. The molecule has 212 valence electrons. The van der Waals surface area contributed by atoms with Crippen LogP contribution in [-0.2, 0) is 11.8 Å². The first-order valence-electron chi connectivity index (χ1n) is 13.3. The van der Waals surface area contributed by atoms with Gasteiger partial charge in [-0.2, -0.15) is 0 Å². The van der Waals surface area contributed by atoms with Crippen molar-refractivity contribution in [2.24, 2.45) is 0 Å². The Morgan fingerprint density at radius 2 is 1.90 bits per heavy atom. The first kappa shape index (κ1) is 27.0. The highest BCUT2D eigenvalue weighted by Crippen LogP contribution is 2.45. The summed E-state index contributed by atoms with van der Waals surface area (Å²) in [6, 6.07) is 10.6. The van der Waals surface area contributed by atoms with E-state index in [4.69, 9.17) is 4.74 Å². The number of halogens is 4. The first-order valence-corrected chi connectivity index (χ1v) is 13.3. The van der Waals surface area contributed by atoms with E-state index in [0.717, 1.165) is 22.9 Å². The van der Waals surface area contributed by atoms with Crippen molar-refractivity contribution >= 4 is 10.9 Å². The Labute approximate surface area is 232 Å². The Bertz CT molecular complexity index is 1770. The number of H-pyrrole nitrogens is 2. The summed E-state index contributed by atoms with van der Waals surface area (Å²) >= 11 is 0. The largest absolute Gasteiger partial charge is 0.493 e. The van der Waals surface area contributed by atoms with Gasteiger partial charge in [0.1, 0.15) is 29.3 Å². The molecule has 0 bridgehead atoms. The van der Waals surface area contributed by atoms with Crippen LogP contribution < -0.4 is 4.74 Å². The molecule has 10 heteroatoms. The molecule has 1 aliphatic heterocycles. The Hall–Kier alpha value is -4.15. The summed E-state index contributed by atoms with van der Waals surface area (Å²) in [5, 5.41) is 20.0. The number of nitrogens with one attached hydrogen (secondary N) is 2. The van der Waals surface area contributed by atoms with Crippen LogP contribution in [0.5, 0.6) is 5.75 Å². The summed E-state index contributed by atoms with van der Waals surface area (Å²) < 4.78 is 65.7. The number of aliphatic hydroxyl groups is 2. The van der Waals surface area contributed by atoms with Crippen LogP contribution in [0, 0.1) is 23.3 Å². The third-order valence-corrected chi connectivity index (χ3v) is 8.02. The lowest BCUT2D eigenvalue weighted by Crippen LogP contribution is -2.32. The molecular formula is C31H27F4N3O3. The molecule has 41 heavy (non-hydrogen) atoms. The molecule has 1 aliphatic rings. The van der Waals surface area contributed by atoms with Gasteiger partial charge in [0.25, 0.3) is 0 Å². The highest BCUT2D eigenvalue weighted by molar-refractivity contribution is 5.82. The number of aromatic amines is 2. The highest BCUT2D eigenvalue weighted by atomic mass is 19.2. The molecule has 0 aliphatic carbocycles. The number of aryl methyl sites for hydroxylation is 1. The van der Waals surface area contributed by atoms with Crippen LogP contribution in [0.3, 0.4) is 0 Å². The maximum atomic E-state index is 15.2. The number of nitrogens with zero attached hydrogens (tertiary/aromatic N) is 1. The molecule has 0 amide bonds. The van der Waals surface area contributed by atoms with E-state index in [1.165, 1.54) is 24.4 Å². The molecule has 2 atom stereocenters. The zero-order chi connectivity index (χ0) is 28.9. The van der Waals surface area contributed by atoms with E-state index in [1.807, 2.05) is 25.1 Å². The number of ether oxygens (including phenoxy) is 1. The van der Waals surface area contributed by atoms with Crippen LogP contribution in [0.1, 0.15) is 53.8 Å². The van der Waals surface area contributed by atoms with E-state index in [1.54, 1.807) is 6.20 Å². The van der Waals surface area contributed by atoms with Crippen LogP contribution >= 0.6 is 0 Å². The van der Waals surface area contributed by atoms with Crippen LogP contribution in [0.4, 0.5) is 17.6 Å². The lowest BCUT2D eigenvalue weighted by molar-refractivity contribution is 0.208. The lowest BCUT2D eigenvalue weighted by atomic mass is 9.74. The number of hydrogen-bond donors (Lipinski definition) is 4. The Kier molecular flexibility index (Phi) is 6.83. The number of aromatic nitrogens is 3. The predicted molar refractivity (Wildman–Crippen MR) is 145 cm³/mol. The van der Waals surface area contributed by atoms with Crippen LogP contribution in [-0.4, -0.2) is 38.4 Å². The standard InChI is InChI=1S/C31H27F4N3O3/c1-31(10-13-41-29-16(5-3-12-39)4-2-6-20(29)31)22-15-37-30(38-22)19-14-17(7-8-21(19)32)28(40)23-24(33)18-9-11-36-27(18)26(35)25(23)34/h2,4,6-9,11,14-15,28,36,39-40H,3,5,10,12-13H2,1H3,(H,37,38). The molecule has 0 radical (unpaired) electrons. The molecular weight excluding hydrogens is 538 g/mol. The number of fused-ring (bicyclic) bond motifs is 2. The zero-order valence-electron chi connectivity index (χ0n) is 22.1. The second-order valence-electron chi connectivity index (χ2n) is 10.5. The number of imidazole rings is 1. The molecule has 2 aromatic heterocycles. The summed E-state index contributed by atoms with van der Waals surface area (Å²) in [6.07, 6.45) is 2.86. The zero-order valence-corrected chi connectivity index (χ0v) is 22.1. The quantitative estimate of drug-likeness (QED) is 0.139. The maximum Gasteiger partial charge on any atom is 0.183 e. The van der Waals surface area contributed by atoms with E-state index in [9.17, 15) is 19.0 Å². The minimum absolute atomic E-state index is 0.0237. The van der Waals surface area contributed by atoms with Crippen molar-refractivity contribution in [1.29, 1.82) is 0 Å². The van der Waals surface area contributed by atoms with Crippen molar-refractivity contribution in [3.05, 3.63) is 106 Å². The van der Waals surface area contributed by atoms with Crippen molar-refractivity contribution in [3.63, 3.8) is 0 Å². The minimum atomic E-state index is -1.91. The van der Waals surface area contributed by atoms with E-state index >= 15 is 8.78 Å². The van der Waals surface area contributed by atoms with Gasteiger partial charge in [0.05, 0.1) is 23.3 Å². The Balaban J connectivity index is 1.38. The summed E-state index contributed by atoms with van der Waals surface area (Å²) in [4.78, 5) is 10.1. The molecule has 4 N–H and O–H groups in total. The molecule has 6 nitrogen and oxygen atoms in total. The number of hydrogen-bond acceptors (Lipinski definition) is 4. The van der Waals surface area contributed by atoms with Gasteiger partial charge in [-0.25, -0.2) is 22.5 Å². The van der Waals surface area contributed by atoms with Gasteiger partial charge in [0.15, 0.2) is 11.6 Å². The summed E-state index contributed by atoms with van der Waals surface area (Å²) in [7, 11) is 0. The number of rotatable bonds is 7. The number of para-hydroxylation sites is 1. The molecule has 0 fully saturated rings. The van der Waals surface area contributed by atoms with Crippen LogP contribution in [0.15, 0.2) is 54.9 Å². The van der Waals surface area contributed by atoms with Gasteiger partial charge in [0, 0.05) is 41.1 Å². The average molecular weight is 566 g/mol. The van der Waals surface area contributed by atoms with Crippen molar-refractivity contribution in [2.45, 2.75) is 37.7 Å². The van der Waals surface area contributed by atoms with Crippen molar-refractivity contribution in [2.75, 3.05) is 13.2 Å². The normalized spacial score (nSPS) is 17.4. The maximum absolute atomic E-state index is 15.2. The molecule has 2 unspecified atom stereocenters. The van der Waals surface area contributed by atoms with Crippen molar-refractivity contribution < 1.29 is 32.5 Å². The van der Waals surface area contributed by atoms with Gasteiger partial charge >= 0.3 is 0 Å². The fourth-order valence-electron chi connectivity index (χ4n) is 5.67. The van der Waals surface area contributed by atoms with E-state index in [2.05, 4.69) is 15.0 Å². The second-order valence-corrected chi connectivity index (χ2v) is 10.5. The van der Waals surface area contributed by atoms with Gasteiger partial charge in [-0.15, -0.1) is 0 Å². The smallest absolute Gasteiger partial charge is 0.183 e. The third kappa shape index (κ3) is 4.38. The van der Waals surface area contributed by atoms with E-state index in [-0.39, 0.29) is 34.5 Å². The molecule has 3 heterocycles. The fraction of sp³-hybridized carbons (Fsp3) is 0.258. The lowest BCUT2D eigenvalue weighted by Gasteiger charge is -2.36. The van der Waals surface area contributed by atoms with Gasteiger partial charge in [-0.3, -0.25) is 0 Å². The predicted octanol–water partition coefficient (Wildman–Crippen LogP) is 6.21. The SMILES string of the molecule is CC1(c2cnc(-c3cc(C(O)c4c(F)c(F)c5[nH]ccc5c4F)ccc3F)[nH]2)CCOc2c(CCCO)cccc21. The van der Waals surface area contributed by atoms with Gasteiger partial charge in [0.2, 0.25) is 0 Å². The highest BCUT2D eigenvalue weighted by Gasteiger charge is 2.38. The number of benzene rings is 3. The summed E-state index contributed by atoms with van der Waals surface area (Å²) in [6.45, 7) is 2.55. The minimum Gasteiger partial charge on any atom is -0.493 e. The Morgan fingerprint density at radius 3 is 2.71 bits per heavy atom. The monoisotopic (exact) mass is 565 g/mol. The van der Waals surface area contributed by atoms with Gasteiger partial charge in [-0.05, 0) is 55.5 Å². The van der Waals surface area contributed by atoms with Gasteiger partial charge < -0.3 is 24.9 Å². The average Bonchev–Trinajstić information content (AvgIpc) is 3.67. The number of aliphatic hydroxyl groups excluding tert-OH is 2. The molecule has 5 aromatic rings. The molecule has 0 saturated heterocycles. The third-order valence-electron chi connectivity index (χ3n) is 8.02.